The predicted octanol–water partition coefficient (Wildman–Crippen LogP) is 1.56. The summed E-state index contributed by atoms with van der Waals surface area (Å²) in [6.45, 7) is 0. The summed E-state index contributed by atoms with van der Waals surface area (Å²) in [6, 6.07) is 2.52. The second kappa shape index (κ2) is 4.46. The molecular formula is C7H5BrClNO4S. The van der Waals surface area contributed by atoms with Gasteiger partial charge in [0, 0.05) is 15.2 Å². The van der Waals surface area contributed by atoms with Crippen LogP contribution in [-0.4, -0.2) is 26.5 Å². The van der Waals surface area contributed by atoms with Gasteiger partial charge in [0.25, 0.3) is 9.05 Å². The predicted molar refractivity (Wildman–Crippen MR) is 56.3 cm³/mol. The van der Waals surface area contributed by atoms with Crippen molar-refractivity contribution in [1.82, 2.24) is 4.98 Å². The van der Waals surface area contributed by atoms with Crippen LogP contribution in [0, 0.1) is 0 Å². The van der Waals surface area contributed by atoms with E-state index in [-0.39, 0.29) is 5.69 Å². The summed E-state index contributed by atoms with van der Waals surface area (Å²) in [6.07, 6.45) is 0. The molecule has 0 aliphatic rings. The third-order valence-electron chi connectivity index (χ3n) is 1.41. The lowest BCUT2D eigenvalue weighted by molar-refractivity contribution is 0.0593. The molecule has 1 rings (SSSR count). The second-order valence-electron chi connectivity index (χ2n) is 2.44. The number of carbonyl (C=O) groups excluding carboxylic acids is 1. The number of nitrogens with zero attached hydrogens (tertiary/aromatic N) is 1. The Hall–Kier alpha value is -0.660. The second-order valence-corrected chi connectivity index (χ2v) is 5.87. The molecule has 8 heteroatoms. The average Bonchev–Trinajstić information content (AvgIpc) is 2.14. The Balaban J connectivity index is 3.35. The van der Waals surface area contributed by atoms with Crippen LogP contribution < -0.4 is 0 Å². The lowest BCUT2D eigenvalue weighted by Gasteiger charge is -2.01. The van der Waals surface area contributed by atoms with E-state index in [4.69, 9.17) is 10.7 Å². The van der Waals surface area contributed by atoms with Gasteiger partial charge in [-0.05, 0) is 12.1 Å². The Kier molecular flexibility index (Phi) is 3.69. The van der Waals surface area contributed by atoms with E-state index in [1.165, 1.54) is 19.2 Å². The van der Waals surface area contributed by atoms with E-state index in [1.807, 2.05) is 0 Å². The Morgan fingerprint density at radius 2 is 2.13 bits per heavy atom. The van der Waals surface area contributed by atoms with Crippen molar-refractivity contribution >= 4 is 41.6 Å². The van der Waals surface area contributed by atoms with Crippen LogP contribution in [-0.2, 0) is 13.8 Å². The Morgan fingerprint density at radius 3 is 2.60 bits per heavy atom. The van der Waals surface area contributed by atoms with Crippen LogP contribution in [0.2, 0.25) is 0 Å². The van der Waals surface area contributed by atoms with Crippen molar-refractivity contribution in [2.45, 2.75) is 5.03 Å². The topological polar surface area (TPSA) is 73.3 Å². The van der Waals surface area contributed by atoms with E-state index in [9.17, 15) is 13.2 Å². The molecule has 82 valence electrons. The molecule has 0 bridgehead atoms. The van der Waals surface area contributed by atoms with Gasteiger partial charge in [-0.15, -0.1) is 0 Å². The molecule has 0 aliphatic carbocycles. The summed E-state index contributed by atoms with van der Waals surface area (Å²) in [7, 11) is 2.29. The van der Waals surface area contributed by atoms with Crippen LogP contribution in [0.5, 0.6) is 0 Å². The maximum Gasteiger partial charge on any atom is 0.356 e. The minimum absolute atomic E-state index is 0.133. The fourth-order valence-electron chi connectivity index (χ4n) is 0.808. The highest BCUT2D eigenvalue weighted by Crippen LogP contribution is 2.19. The van der Waals surface area contributed by atoms with Crippen molar-refractivity contribution in [2.24, 2.45) is 0 Å². The Morgan fingerprint density at radius 1 is 1.53 bits per heavy atom. The number of pyridine rings is 1. The monoisotopic (exact) mass is 313 g/mol. The molecule has 0 aliphatic heterocycles. The van der Waals surface area contributed by atoms with Gasteiger partial charge in [0.15, 0.2) is 10.7 Å². The number of halogens is 2. The van der Waals surface area contributed by atoms with Gasteiger partial charge in [-0.1, -0.05) is 15.9 Å². The fraction of sp³-hybridized carbons (Fsp3) is 0.143. The van der Waals surface area contributed by atoms with E-state index in [0.717, 1.165) is 0 Å². The van der Waals surface area contributed by atoms with Crippen LogP contribution >= 0.6 is 26.6 Å². The van der Waals surface area contributed by atoms with E-state index >= 15 is 0 Å². The zero-order chi connectivity index (χ0) is 11.6. The van der Waals surface area contributed by atoms with Gasteiger partial charge in [0.05, 0.1) is 7.11 Å². The van der Waals surface area contributed by atoms with Crippen LogP contribution in [0.1, 0.15) is 10.5 Å². The van der Waals surface area contributed by atoms with Crippen molar-refractivity contribution < 1.29 is 17.9 Å². The van der Waals surface area contributed by atoms with Crippen molar-refractivity contribution in [1.29, 1.82) is 0 Å². The van der Waals surface area contributed by atoms with Gasteiger partial charge in [0.1, 0.15) is 0 Å². The SMILES string of the molecule is COC(=O)c1cc(Br)cc(S(=O)(=O)Cl)n1. The number of methoxy groups -OCH3 is 1. The quantitative estimate of drug-likeness (QED) is 0.612. The molecule has 1 aromatic rings. The molecule has 0 spiro atoms. The van der Waals surface area contributed by atoms with E-state index in [1.54, 1.807) is 0 Å². The first kappa shape index (κ1) is 12.4. The molecule has 0 N–H and O–H groups in total. The molecule has 0 amide bonds. The number of aromatic nitrogens is 1. The zero-order valence-corrected chi connectivity index (χ0v) is 10.6. The van der Waals surface area contributed by atoms with Crippen LogP contribution in [0.25, 0.3) is 0 Å². The molecule has 1 aromatic heterocycles. The van der Waals surface area contributed by atoms with Crippen molar-refractivity contribution in [3.8, 4) is 0 Å². The van der Waals surface area contributed by atoms with Crippen molar-refractivity contribution in [3.63, 3.8) is 0 Å². The molecule has 0 radical (unpaired) electrons. The molecule has 0 aromatic carbocycles. The molecule has 5 nitrogen and oxygen atoms in total. The number of hydrogen-bond donors (Lipinski definition) is 0. The zero-order valence-electron chi connectivity index (χ0n) is 7.40. The van der Waals surface area contributed by atoms with Crippen LogP contribution in [0.15, 0.2) is 21.6 Å². The number of hydrogen-bond acceptors (Lipinski definition) is 5. The molecule has 1 heterocycles. The third-order valence-corrected chi connectivity index (χ3v) is 3.05. The summed E-state index contributed by atoms with van der Waals surface area (Å²) in [5.74, 6) is -0.738. The van der Waals surface area contributed by atoms with Gasteiger partial charge in [-0.3, -0.25) is 0 Å². The van der Waals surface area contributed by atoms with E-state index in [2.05, 4.69) is 25.7 Å². The highest BCUT2D eigenvalue weighted by Gasteiger charge is 2.17. The maximum atomic E-state index is 11.1. The van der Waals surface area contributed by atoms with Crippen molar-refractivity contribution in [3.05, 3.63) is 22.3 Å². The minimum atomic E-state index is -3.97. The normalized spacial score (nSPS) is 11.1. The molecule has 0 saturated carbocycles. The highest BCUT2D eigenvalue weighted by molar-refractivity contribution is 9.10. The largest absolute Gasteiger partial charge is 0.464 e. The fourth-order valence-corrected chi connectivity index (χ4v) is 2.11. The molecule has 0 saturated heterocycles. The van der Waals surface area contributed by atoms with Gasteiger partial charge >= 0.3 is 5.97 Å². The van der Waals surface area contributed by atoms with Gasteiger partial charge in [0.2, 0.25) is 0 Å². The minimum Gasteiger partial charge on any atom is -0.464 e. The van der Waals surface area contributed by atoms with Crippen molar-refractivity contribution in [2.75, 3.05) is 7.11 Å². The van der Waals surface area contributed by atoms with Gasteiger partial charge < -0.3 is 4.74 Å². The highest BCUT2D eigenvalue weighted by atomic mass is 79.9. The summed E-state index contributed by atoms with van der Waals surface area (Å²) in [5, 5.41) is -0.404. The summed E-state index contributed by atoms with van der Waals surface area (Å²) >= 11 is 3.03. The number of ether oxygens (including phenoxy) is 1. The van der Waals surface area contributed by atoms with E-state index < -0.39 is 20.0 Å². The number of carbonyl (C=O) groups is 1. The molecule has 15 heavy (non-hydrogen) atoms. The smallest absolute Gasteiger partial charge is 0.356 e. The number of esters is 1. The maximum absolute atomic E-state index is 11.1. The summed E-state index contributed by atoms with van der Waals surface area (Å²) < 4.78 is 26.7. The standard InChI is InChI=1S/C7H5BrClNO4S/c1-14-7(11)5-2-4(8)3-6(10-5)15(9,12)13/h2-3H,1H3. The third kappa shape index (κ3) is 3.15. The Bertz CT molecular complexity index is 502. The Labute approximate surface area is 99.0 Å². The molecule has 0 unspecified atom stereocenters. The molecule has 0 atom stereocenters. The van der Waals surface area contributed by atoms with Gasteiger partial charge in [-0.25, -0.2) is 18.2 Å². The summed E-state index contributed by atoms with van der Waals surface area (Å²) in [4.78, 5) is 14.7. The summed E-state index contributed by atoms with van der Waals surface area (Å²) in [5.41, 5.74) is -0.133. The average molecular weight is 315 g/mol. The van der Waals surface area contributed by atoms with Crippen LogP contribution in [0.3, 0.4) is 0 Å². The van der Waals surface area contributed by atoms with E-state index in [0.29, 0.717) is 4.47 Å². The van der Waals surface area contributed by atoms with Gasteiger partial charge in [-0.2, -0.15) is 0 Å². The lowest BCUT2D eigenvalue weighted by atomic mass is 10.3. The molecular weight excluding hydrogens is 310 g/mol. The molecule has 0 fully saturated rings. The van der Waals surface area contributed by atoms with Crippen LogP contribution in [0.4, 0.5) is 0 Å². The first-order chi connectivity index (χ1) is 6.84. The first-order valence-electron chi connectivity index (χ1n) is 3.55. The first-order valence-corrected chi connectivity index (χ1v) is 6.65. The number of rotatable bonds is 2. The lowest BCUT2D eigenvalue weighted by Crippen LogP contribution is -2.07.